The Bertz CT molecular complexity index is 1360. The van der Waals surface area contributed by atoms with Crippen molar-refractivity contribution in [3.63, 3.8) is 0 Å². The van der Waals surface area contributed by atoms with E-state index in [1.165, 1.54) is 0 Å². The minimum absolute atomic E-state index is 0.00516. The second kappa shape index (κ2) is 17.4. The van der Waals surface area contributed by atoms with E-state index in [-0.39, 0.29) is 41.8 Å². The smallest absolute Gasteiger partial charge is 0.404 e. The minimum atomic E-state index is -1.20. The van der Waals surface area contributed by atoms with Crippen LogP contribution in [0.25, 0.3) is 0 Å². The lowest BCUT2D eigenvalue weighted by molar-refractivity contribution is -0.150. The Morgan fingerprint density at radius 3 is 2.45 bits per heavy atom. The molecule has 1 aromatic rings. The Morgan fingerprint density at radius 2 is 1.75 bits per heavy atom. The summed E-state index contributed by atoms with van der Waals surface area (Å²) in [6.45, 7) is 12.8. The van der Waals surface area contributed by atoms with Gasteiger partial charge in [-0.25, -0.2) is 4.79 Å². The Kier molecular flexibility index (Phi) is 13.2. The lowest BCUT2D eigenvalue weighted by Crippen LogP contribution is -2.66. The summed E-state index contributed by atoms with van der Waals surface area (Å²) in [6.07, 6.45) is 4.65. The maximum atomic E-state index is 15.0. The van der Waals surface area contributed by atoms with Gasteiger partial charge in [0, 0.05) is 50.3 Å². The Labute approximate surface area is 302 Å². The molecule has 13 nitrogen and oxygen atoms in total. The summed E-state index contributed by atoms with van der Waals surface area (Å²) < 4.78 is 17.5. The van der Waals surface area contributed by atoms with E-state index in [4.69, 9.17) is 14.2 Å². The highest BCUT2D eigenvalue weighted by Gasteiger charge is 2.48. The number of carboxylic acid groups (broad SMARTS) is 1. The summed E-state index contributed by atoms with van der Waals surface area (Å²) in [4.78, 5) is 59.0. The number of carbonyl (C=O) groups is 4. The van der Waals surface area contributed by atoms with Crippen LogP contribution in [0.4, 0.5) is 4.79 Å². The zero-order valence-electron chi connectivity index (χ0n) is 31.0. The maximum absolute atomic E-state index is 15.0. The molecule has 1 saturated carbocycles. The van der Waals surface area contributed by atoms with Gasteiger partial charge in [0.2, 0.25) is 17.7 Å². The second-order valence-corrected chi connectivity index (χ2v) is 15.7. The first kappa shape index (κ1) is 38.8. The van der Waals surface area contributed by atoms with Crippen LogP contribution in [0.3, 0.4) is 0 Å². The first-order chi connectivity index (χ1) is 24.4. The van der Waals surface area contributed by atoms with Crippen molar-refractivity contribution in [3.05, 3.63) is 29.8 Å². The van der Waals surface area contributed by atoms with Crippen molar-refractivity contribution in [2.24, 2.45) is 17.3 Å². The average Bonchev–Trinajstić information content (AvgIpc) is 3.52. The fourth-order valence-electron chi connectivity index (χ4n) is 8.48. The summed E-state index contributed by atoms with van der Waals surface area (Å²) in [5, 5.41) is 18.5. The molecule has 3 heterocycles. The van der Waals surface area contributed by atoms with E-state index in [9.17, 15) is 24.3 Å². The van der Waals surface area contributed by atoms with Gasteiger partial charge in [0.15, 0.2) is 0 Å². The van der Waals surface area contributed by atoms with E-state index in [2.05, 4.69) is 20.9 Å². The van der Waals surface area contributed by atoms with Crippen molar-refractivity contribution in [2.45, 2.75) is 116 Å². The fraction of sp³-hybridized carbons (Fsp3) is 0.737. The van der Waals surface area contributed by atoms with Crippen LogP contribution in [-0.4, -0.2) is 115 Å². The quantitative estimate of drug-likeness (QED) is 0.224. The van der Waals surface area contributed by atoms with Crippen molar-refractivity contribution in [1.29, 1.82) is 0 Å². The SMILES string of the molecule is CCOCCO[C@@H]1C[C@@H]2CN(C(=O)[C@@H](NC(=O)[C@@H](C)C(NC(=O)O)C(C)(C)C)C3CCCCC3)[C@H](C(=O)N[C@@H]3CCOc4ccccc43)CN2C1. The molecule has 51 heavy (non-hydrogen) atoms. The standard InChI is InChI=1S/C38H59N5O8/c1-6-49-18-19-50-27-20-26-21-43(30(23-42(26)22-27)35(45)39-29-16-17-51-31-15-11-10-14-28(29)31)36(46)32(25-12-8-7-9-13-25)40-34(44)24(2)33(38(3,4)5)41-37(47)48/h10-11,14-15,24-27,29-30,32-33,41H,6-9,12-13,16-23H2,1-5H3,(H,39,45)(H,40,44)(H,47,48)/t24-,26+,27+,29+,30-,32-,33?/m0/s1. The number of nitrogens with zero attached hydrogens (tertiary/aromatic N) is 2. The molecule has 4 N–H and O–H groups in total. The van der Waals surface area contributed by atoms with Gasteiger partial charge in [-0.15, -0.1) is 0 Å². The molecule has 3 fully saturated rings. The Balaban J connectivity index is 1.40. The van der Waals surface area contributed by atoms with E-state index in [0.717, 1.165) is 49.8 Å². The molecule has 1 aromatic carbocycles. The zero-order chi connectivity index (χ0) is 36.7. The lowest BCUT2D eigenvalue weighted by Gasteiger charge is -2.45. The number of carbonyl (C=O) groups excluding carboxylic acids is 3. The minimum Gasteiger partial charge on any atom is -0.493 e. The number of rotatable bonds is 13. The Hall–Kier alpha value is -3.42. The number of fused-ring (bicyclic) bond motifs is 2. The normalized spacial score (nSPS) is 25.8. The highest BCUT2D eigenvalue weighted by molar-refractivity contribution is 5.93. The lowest BCUT2D eigenvalue weighted by atomic mass is 9.78. The summed E-state index contributed by atoms with van der Waals surface area (Å²) in [6, 6.07) is 5.16. The molecule has 1 aliphatic carbocycles. The predicted molar refractivity (Wildman–Crippen MR) is 191 cm³/mol. The molecule has 0 bridgehead atoms. The summed E-state index contributed by atoms with van der Waals surface area (Å²) >= 11 is 0. The van der Waals surface area contributed by atoms with Gasteiger partial charge in [0.1, 0.15) is 17.8 Å². The van der Waals surface area contributed by atoms with Crippen LogP contribution in [0.2, 0.25) is 0 Å². The summed E-state index contributed by atoms with van der Waals surface area (Å²) in [5.41, 5.74) is 0.364. The van der Waals surface area contributed by atoms with E-state index in [1.807, 2.05) is 52.0 Å². The molecule has 0 radical (unpaired) electrons. The largest absolute Gasteiger partial charge is 0.493 e. The molecule has 4 amide bonds. The number of hydrogen-bond acceptors (Lipinski definition) is 8. The average molecular weight is 714 g/mol. The highest BCUT2D eigenvalue weighted by atomic mass is 16.5. The van der Waals surface area contributed by atoms with Crippen LogP contribution in [0.1, 0.15) is 91.2 Å². The van der Waals surface area contributed by atoms with E-state index in [0.29, 0.717) is 52.5 Å². The molecule has 284 valence electrons. The fourth-order valence-corrected chi connectivity index (χ4v) is 8.48. The molecule has 13 heteroatoms. The summed E-state index contributed by atoms with van der Waals surface area (Å²) in [7, 11) is 0. The van der Waals surface area contributed by atoms with E-state index >= 15 is 0 Å². The van der Waals surface area contributed by atoms with Gasteiger partial charge in [-0.2, -0.15) is 0 Å². The zero-order valence-corrected chi connectivity index (χ0v) is 31.0. The van der Waals surface area contributed by atoms with Crippen molar-refractivity contribution in [2.75, 3.05) is 46.1 Å². The van der Waals surface area contributed by atoms with Gasteiger partial charge < -0.3 is 40.2 Å². The van der Waals surface area contributed by atoms with Crippen LogP contribution in [-0.2, 0) is 23.9 Å². The number of piperazine rings is 1. The maximum Gasteiger partial charge on any atom is 0.404 e. The van der Waals surface area contributed by atoms with Crippen molar-refractivity contribution in [1.82, 2.24) is 25.8 Å². The van der Waals surface area contributed by atoms with Crippen molar-refractivity contribution < 1.29 is 38.5 Å². The van der Waals surface area contributed by atoms with Gasteiger partial charge in [0.05, 0.1) is 37.9 Å². The van der Waals surface area contributed by atoms with Gasteiger partial charge >= 0.3 is 6.09 Å². The van der Waals surface area contributed by atoms with Crippen LogP contribution < -0.4 is 20.7 Å². The third-order valence-corrected chi connectivity index (χ3v) is 11.1. The molecular weight excluding hydrogens is 654 g/mol. The topological polar surface area (TPSA) is 159 Å². The number of para-hydroxylation sites is 1. The monoisotopic (exact) mass is 713 g/mol. The third-order valence-electron chi connectivity index (χ3n) is 11.1. The third kappa shape index (κ3) is 9.72. The molecule has 0 spiro atoms. The van der Waals surface area contributed by atoms with E-state index in [1.54, 1.807) is 11.8 Å². The molecule has 4 aliphatic rings. The molecule has 1 unspecified atom stereocenters. The molecule has 2 saturated heterocycles. The van der Waals surface area contributed by atoms with Crippen LogP contribution in [0, 0.1) is 17.3 Å². The number of benzene rings is 1. The molecule has 3 aliphatic heterocycles. The number of ether oxygens (including phenoxy) is 3. The number of amides is 4. The van der Waals surface area contributed by atoms with Gasteiger partial charge in [0.25, 0.3) is 0 Å². The molecule has 7 atom stereocenters. The van der Waals surface area contributed by atoms with E-state index < -0.39 is 35.6 Å². The Morgan fingerprint density at radius 1 is 1.00 bits per heavy atom. The van der Waals surface area contributed by atoms with Crippen LogP contribution >= 0.6 is 0 Å². The highest BCUT2D eigenvalue weighted by Crippen LogP contribution is 2.34. The summed E-state index contributed by atoms with van der Waals surface area (Å²) in [5.74, 6) is -0.954. The predicted octanol–water partition coefficient (Wildman–Crippen LogP) is 3.72. The van der Waals surface area contributed by atoms with Gasteiger partial charge in [-0.3, -0.25) is 19.3 Å². The molecule has 5 rings (SSSR count). The second-order valence-electron chi connectivity index (χ2n) is 15.7. The van der Waals surface area contributed by atoms with Crippen LogP contribution in [0.5, 0.6) is 5.75 Å². The van der Waals surface area contributed by atoms with Crippen molar-refractivity contribution >= 4 is 23.8 Å². The van der Waals surface area contributed by atoms with Gasteiger partial charge in [-0.1, -0.05) is 65.2 Å². The van der Waals surface area contributed by atoms with Crippen molar-refractivity contribution in [3.8, 4) is 5.75 Å². The first-order valence-electron chi connectivity index (χ1n) is 18.9. The molecular formula is C38H59N5O8. The molecule has 0 aromatic heterocycles. The number of nitrogens with one attached hydrogen (secondary N) is 3. The number of hydrogen-bond donors (Lipinski definition) is 4. The van der Waals surface area contributed by atoms with Crippen LogP contribution in [0.15, 0.2) is 24.3 Å². The first-order valence-corrected chi connectivity index (χ1v) is 18.9. The van der Waals surface area contributed by atoms with Gasteiger partial charge in [-0.05, 0) is 43.6 Å².